The van der Waals surface area contributed by atoms with Crippen LogP contribution in [0.25, 0.3) is 0 Å². The van der Waals surface area contributed by atoms with Crippen LogP contribution in [0.4, 0.5) is 0 Å². The van der Waals surface area contributed by atoms with Crippen LogP contribution in [0, 0.1) is 4.64 Å². The highest BCUT2D eigenvalue weighted by molar-refractivity contribution is 7.71. The molecule has 0 aromatic carbocycles. The lowest BCUT2D eigenvalue weighted by atomic mass is 10.2. The van der Waals surface area contributed by atoms with Crippen molar-refractivity contribution < 1.29 is 0 Å². The molecule has 0 atom stereocenters. The fourth-order valence-electron chi connectivity index (χ4n) is 0.584. The number of H-pyrrole nitrogens is 1. The predicted molar refractivity (Wildman–Crippen MR) is 41.3 cm³/mol. The van der Waals surface area contributed by atoms with E-state index in [9.17, 15) is 0 Å². The quantitative estimate of drug-likeness (QED) is 0.627. The van der Waals surface area contributed by atoms with Crippen LogP contribution in [0.2, 0.25) is 0 Å². The molecule has 0 spiro atoms. The van der Waals surface area contributed by atoms with Gasteiger partial charge in [0.05, 0.1) is 6.20 Å². The van der Waals surface area contributed by atoms with Gasteiger partial charge in [0.2, 0.25) is 0 Å². The van der Waals surface area contributed by atoms with Gasteiger partial charge in [-0.05, 0) is 0 Å². The van der Waals surface area contributed by atoms with Crippen molar-refractivity contribution in [1.29, 1.82) is 0 Å². The van der Waals surface area contributed by atoms with Crippen LogP contribution in [0.3, 0.4) is 0 Å². The number of hydrogen-bond acceptors (Lipinski definition) is 3. The third-order valence-electron chi connectivity index (χ3n) is 1.13. The van der Waals surface area contributed by atoms with E-state index in [0.717, 1.165) is 5.82 Å². The Hall–Kier alpha value is -0.770. The Morgan fingerprint density at radius 2 is 2.30 bits per heavy atom. The summed E-state index contributed by atoms with van der Waals surface area (Å²) in [5.41, 5.74) is 0. The smallest absolute Gasteiger partial charge is 0.148 e. The molecule has 3 nitrogen and oxygen atoms in total. The maximum absolute atomic E-state index is 4.83. The Balaban J connectivity index is 3.07. The van der Waals surface area contributed by atoms with Crippen molar-refractivity contribution in [3.63, 3.8) is 0 Å². The first-order valence-electron chi connectivity index (χ1n) is 3.12. The summed E-state index contributed by atoms with van der Waals surface area (Å²) in [6, 6.07) is 0. The Morgan fingerprint density at radius 1 is 1.60 bits per heavy atom. The van der Waals surface area contributed by atoms with Gasteiger partial charge >= 0.3 is 0 Å². The second-order valence-electron chi connectivity index (χ2n) is 2.36. The molecule has 54 valence electrons. The third kappa shape index (κ3) is 1.60. The first-order valence-corrected chi connectivity index (χ1v) is 3.52. The number of aromatic amines is 1. The maximum Gasteiger partial charge on any atom is 0.148 e. The number of hydrogen-bond donors (Lipinski definition) is 1. The molecule has 0 fully saturated rings. The third-order valence-corrected chi connectivity index (χ3v) is 1.33. The van der Waals surface area contributed by atoms with Gasteiger partial charge in [0.25, 0.3) is 0 Å². The summed E-state index contributed by atoms with van der Waals surface area (Å²) in [4.78, 5) is 4.07. The standard InChI is InChI=1S/C6H9N3S/c1-4(2)6-8-5(10)3-7-9-6/h3-4H,1-2H3,(H,8,9,10). The van der Waals surface area contributed by atoms with Gasteiger partial charge in [0, 0.05) is 5.92 Å². The zero-order valence-corrected chi connectivity index (χ0v) is 6.77. The lowest BCUT2D eigenvalue weighted by Crippen LogP contribution is -1.98. The molecule has 0 amide bonds. The van der Waals surface area contributed by atoms with Crippen LogP contribution < -0.4 is 0 Å². The molecule has 1 aromatic heterocycles. The number of aromatic nitrogens is 3. The summed E-state index contributed by atoms with van der Waals surface area (Å²) in [7, 11) is 0. The molecule has 0 aliphatic carbocycles. The number of nitrogens with one attached hydrogen (secondary N) is 1. The lowest BCUT2D eigenvalue weighted by Gasteiger charge is -2.00. The summed E-state index contributed by atoms with van der Waals surface area (Å²) in [5, 5.41) is 6.59. The van der Waals surface area contributed by atoms with Crippen LogP contribution in [-0.2, 0) is 0 Å². The molecule has 4 heteroatoms. The van der Waals surface area contributed by atoms with E-state index >= 15 is 0 Å². The van der Waals surface area contributed by atoms with Crippen LogP contribution in [0.15, 0.2) is 6.20 Å². The second-order valence-corrected chi connectivity index (χ2v) is 2.78. The highest BCUT2D eigenvalue weighted by Crippen LogP contribution is 2.04. The highest BCUT2D eigenvalue weighted by atomic mass is 32.1. The van der Waals surface area contributed by atoms with Gasteiger partial charge in [-0.25, -0.2) is 4.98 Å². The molecule has 0 bridgehead atoms. The molecule has 0 unspecified atom stereocenters. The van der Waals surface area contributed by atoms with Crippen molar-refractivity contribution in [3.8, 4) is 0 Å². The Bertz CT molecular complexity index is 266. The van der Waals surface area contributed by atoms with E-state index < -0.39 is 0 Å². The zero-order chi connectivity index (χ0) is 7.56. The first-order chi connectivity index (χ1) is 4.70. The van der Waals surface area contributed by atoms with Gasteiger partial charge in [-0.1, -0.05) is 26.1 Å². The SMILES string of the molecule is CC(C)c1nc(=S)cn[nH]1. The van der Waals surface area contributed by atoms with Gasteiger partial charge in [0.15, 0.2) is 0 Å². The van der Waals surface area contributed by atoms with Crippen molar-refractivity contribution in [3.05, 3.63) is 16.7 Å². The summed E-state index contributed by atoms with van der Waals surface area (Å²) < 4.78 is 0.544. The van der Waals surface area contributed by atoms with Crippen LogP contribution in [0.1, 0.15) is 25.6 Å². The number of rotatable bonds is 1. The fourth-order valence-corrected chi connectivity index (χ4v) is 0.735. The minimum absolute atomic E-state index is 0.357. The van der Waals surface area contributed by atoms with Crippen molar-refractivity contribution in [2.75, 3.05) is 0 Å². The predicted octanol–water partition coefficient (Wildman–Crippen LogP) is 1.66. The summed E-state index contributed by atoms with van der Waals surface area (Å²) in [5.74, 6) is 1.20. The molecule has 1 rings (SSSR count). The average Bonchev–Trinajstić information content (AvgIpc) is 1.88. The van der Waals surface area contributed by atoms with Gasteiger partial charge in [0.1, 0.15) is 10.5 Å². The molecule has 0 aliphatic rings. The molecule has 10 heavy (non-hydrogen) atoms. The summed E-state index contributed by atoms with van der Waals surface area (Å²) in [6.07, 6.45) is 1.53. The van der Waals surface area contributed by atoms with Gasteiger partial charge < -0.3 is 0 Å². The zero-order valence-electron chi connectivity index (χ0n) is 5.96. The van der Waals surface area contributed by atoms with Gasteiger partial charge in [-0.3, -0.25) is 5.10 Å². The lowest BCUT2D eigenvalue weighted by molar-refractivity contribution is 0.731. The van der Waals surface area contributed by atoms with Gasteiger partial charge in [-0.15, -0.1) is 0 Å². The number of nitrogens with zero attached hydrogens (tertiary/aromatic N) is 2. The van der Waals surface area contributed by atoms with E-state index in [2.05, 4.69) is 15.2 Å². The Kier molecular flexibility index (Phi) is 2.11. The first kappa shape index (κ1) is 7.34. The molecule has 1 N–H and O–H groups in total. The molecule has 0 aliphatic heterocycles. The van der Waals surface area contributed by atoms with E-state index in [1.807, 2.05) is 13.8 Å². The van der Waals surface area contributed by atoms with Gasteiger partial charge in [-0.2, -0.15) is 5.10 Å². The fraction of sp³-hybridized carbons (Fsp3) is 0.500. The van der Waals surface area contributed by atoms with Crippen molar-refractivity contribution in [1.82, 2.24) is 15.2 Å². The molecule has 0 saturated carbocycles. The van der Waals surface area contributed by atoms with E-state index in [1.165, 1.54) is 6.20 Å². The summed E-state index contributed by atoms with van der Waals surface area (Å²) >= 11 is 4.83. The van der Waals surface area contributed by atoms with Crippen LogP contribution in [-0.4, -0.2) is 15.2 Å². The normalized spacial score (nSPS) is 10.3. The molecule has 0 saturated heterocycles. The van der Waals surface area contributed by atoms with Crippen molar-refractivity contribution >= 4 is 12.2 Å². The maximum atomic E-state index is 4.83. The topological polar surface area (TPSA) is 41.6 Å². The minimum atomic E-state index is 0.357. The Labute approximate surface area is 64.5 Å². The molecule has 1 heterocycles. The average molecular weight is 155 g/mol. The van der Waals surface area contributed by atoms with Crippen molar-refractivity contribution in [2.24, 2.45) is 0 Å². The van der Waals surface area contributed by atoms with E-state index in [-0.39, 0.29) is 0 Å². The van der Waals surface area contributed by atoms with E-state index in [4.69, 9.17) is 12.2 Å². The molecular formula is C6H9N3S. The van der Waals surface area contributed by atoms with E-state index in [0.29, 0.717) is 10.6 Å². The van der Waals surface area contributed by atoms with Crippen LogP contribution >= 0.6 is 12.2 Å². The second kappa shape index (κ2) is 2.88. The molecular weight excluding hydrogens is 146 g/mol. The minimum Gasteiger partial charge on any atom is -0.265 e. The van der Waals surface area contributed by atoms with Crippen LogP contribution in [0.5, 0.6) is 0 Å². The van der Waals surface area contributed by atoms with E-state index in [1.54, 1.807) is 0 Å². The molecule has 0 radical (unpaired) electrons. The largest absolute Gasteiger partial charge is 0.265 e. The highest BCUT2D eigenvalue weighted by Gasteiger charge is 1.98. The monoisotopic (exact) mass is 155 g/mol. The van der Waals surface area contributed by atoms with Crippen molar-refractivity contribution in [2.45, 2.75) is 19.8 Å². The molecule has 1 aromatic rings. The Morgan fingerprint density at radius 3 is 2.70 bits per heavy atom. The summed E-state index contributed by atoms with van der Waals surface area (Å²) in [6.45, 7) is 4.07.